The minimum atomic E-state index is -4.23. The second kappa shape index (κ2) is 8.23. The van der Waals surface area contributed by atoms with E-state index in [1.54, 1.807) is 26.0 Å². The van der Waals surface area contributed by atoms with Crippen LogP contribution in [0.2, 0.25) is 0 Å². The van der Waals surface area contributed by atoms with Crippen LogP contribution in [-0.4, -0.2) is 39.7 Å². The number of pyridine rings is 1. The quantitative estimate of drug-likeness (QED) is 0.538. The number of rotatable bonds is 8. The molecule has 9 nitrogen and oxygen atoms in total. The Kier molecular flexibility index (Phi) is 6.24. The van der Waals surface area contributed by atoms with Crippen molar-refractivity contribution >= 4 is 21.7 Å². The maximum absolute atomic E-state index is 13.1. The maximum atomic E-state index is 13.1. The van der Waals surface area contributed by atoms with Crippen molar-refractivity contribution < 1.29 is 23.2 Å². The molecule has 2 rings (SSSR count). The number of carbonyl (C=O) groups is 1. The summed E-state index contributed by atoms with van der Waals surface area (Å²) in [6, 6.07) is 6.29. The molecular weight excluding hydrogens is 374 g/mol. The summed E-state index contributed by atoms with van der Waals surface area (Å²) >= 11 is 0. The van der Waals surface area contributed by atoms with Gasteiger partial charge in [-0.2, -0.15) is 4.31 Å². The van der Waals surface area contributed by atoms with E-state index in [0.717, 1.165) is 28.6 Å². The molecule has 1 aromatic heterocycles. The van der Waals surface area contributed by atoms with Crippen molar-refractivity contribution in [2.75, 3.05) is 0 Å². The third kappa shape index (κ3) is 4.66. The molecule has 1 atom stereocenters. The standard InChI is InChI=1S/C17H19N3O6S/c1-12(2)16(17(21)22)19(11-13-4-3-9-18-10-13)27(25,26)15-7-5-14(6-8-15)20(23)24/h3-10,12,16H,11H2,1-2H3,(H,21,22)/t16-/m1/s1. The first-order valence-corrected chi connectivity index (χ1v) is 9.46. The van der Waals surface area contributed by atoms with Crippen LogP contribution in [0.5, 0.6) is 0 Å². The van der Waals surface area contributed by atoms with E-state index in [4.69, 9.17) is 0 Å². The number of aromatic nitrogens is 1. The molecule has 1 heterocycles. The Morgan fingerprint density at radius 3 is 2.33 bits per heavy atom. The summed E-state index contributed by atoms with van der Waals surface area (Å²) in [4.78, 5) is 25.6. The summed E-state index contributed by atoms with van der Waals surface area (Å²) in [6.07, 6.45) is 2.98. The molecule has 0 radical (unpaired) electrons. The number of non-ortho nitro benzene ring substituents is 1. The van der Waals surface area contributed by atoms with E-state index in [1.165, 1.54) is 12.4 Å². The Hall–Kier alpha value is -2.85. The molecule has 10 heteroatoms. The van der Waals surface area contributed by atoms with E-state index in [9.17, 15) is 28.4 Å². The fraction of sp³-hybridized carbons (Fsp3) is 0.294. The van der Waals surface area contributed by atoms with Crippen LogP contribution in [0.3, 0.4) is 0 Å². The van der Waals surface area contributed by atoms with E-state index in [-0.39, 0.29) is 17.1 Å². The van der Waals surface area contributed by atoms with Gasteiger partial charge in [-0.1, -0.05) is 19.9 Å². The summed E-state index contributed by atoms with van der Waals surface area (Å²) < 4.78 is 27.2. The Balaban J connectivity index is 2.52. The minimum Gasteiger partial charge on any atom is -0.480 e. The van der Waals surface area contributed by atoms with Crippen LogP contribution in [0, 0.1) is 16.0 Å². The van der Waals surface area contributed by atoms with Gasteiger partial charge >= 0.3 is 5.97 Å². The smallest absolute Gasteiger partial charge is 0.322 e. The molecule has 144 valence electrons. The predicted molar refractivity (Wildman–Crippen MR) is 96.3 cm³/mol. The molecule has 0 spiro atoms. The highest BCUT2D eigenvalue weighted by Gasteiger charge is 2.38. The zero-order chi connectivity index (χ0) is 20.2. The van der Waals surface area contributed by atoms with Gasteiger partial charge in [0.15, 0.2) is 0 Å². The average Bonchev–Trinajstić information content (AvgIpc) is 2.61. The van der Waals surface area contributed by atoms with Crippen LogP contribution in [0.15, 0.2) is 53.7 Å². The van der Waals surface area contributed by atoms with Crippen molar-refractivity contribution in [3.8, 4) is 0 Å². The zero-order valence-electron chi connectivity index (χ0n) is 14.7. The van der Waals surface area contributed by atoms with E-state index in [2.05, 4.69) is 4.98 Å². The number of aliphatic carboxylic acids is 1. The number of nitro groups is 1. The average molecular weight is 393 g/mol. The van der Waals surface area contributed by atoms with Crippen LogP contribution in [0.25, 0.3) is 0 Å². The van der Waals surface area contributed by atoms with Gasteiger partial charge in [0.1, 0.15) is 6.04 Å². The molecule has 0 saturated carbocycles. The molecule has 0 amide bonds. The van der Waals surface area contributed by atoms with Gasteiger partial charge in [-0.15, -0.1) is 0 Å². The maximum Gasteiger partial charge on any atom is 0.322 e. The molecule has 2 aromatic rings. The fourth-order valence-electron chi connectivity index (χ4n) is 2.62. The Morgan fingerprint density at radius 1 is 1.26 bits per heavy atom. The van der Waals surface area contributed by atoms with Crippen LogP contribution in [0.4, 0.5) is 5.69 Å². The number of sulfonamides is 1. The molecule has 1 aromatic carbocycles. The normalized spacial score (nSPS) is 12.9. The highest BCUT2D eigenvalue weighted by atomic mass is 32.2. The SMILES string of the molecule is CC(C)[C@H](C(=O)O)N(Cc1cccnc1)S(=O)(=O)c1ccc([N+](=O)[O-])cc1. The summed E-state index contributed by atoms with van der Waals surface area (Å²) in [7, 11) is -4.23. The number of nitrogens with zero attached hydrogens (tertiary/aromatic N) is 3. The highest BCUT2D eigenvalue weighted by molar-refractivity contribution is 7.89. The number of nitro benzene ring substituents is 1. The molecule has 0 fully saturated rings. The van der Waals surface area contributed by atoms with Crippen molar-refractivity contribution in [3.63, 3.8) is 0 Å². The lowest BCUT2D eigenvalue weighted by molar-refractivity contribution is -0.384. The first kappa shape index (κ1) is 20.5. The van der Waals surface area contributed by atoms with Crippen LogP contribution in [-0.2, 0) is 21.4 Å². The largest absolute Gasteiger partial charge is 0.480 e. The second-order valence-corrected chi connectivity index (χ2v) is 8.08. The zero-order valence-corrected chi connectivity index (χ0v) is 15.5. The number of carboxylic acids is 1. The molecule has 0 aliphatic heterocycles. The highest BCUT2D eigenvalue weighted by Crippen LogP contribution is 2.26. The van der Waals surface area contributed by atoms with Gasteiger partial charge in [-0.25, -0.2) is 8.42 Å². The van der Waals surface area contributed by atoms with E-state index < -0.39 is 32.9 Å². The Bertz CT molecular complexity index is 913. The molecule has 0 aliphatic carbocycles. The first-order chi connectivity index (χ1) is 12.6. The predicted octanol–water partition coefficient (Wildman–Crippen LogP) is 2.29. The van der Waals surface area contributed by atoms with E-state index in [0.29, 0.717) is 5.56 Å². The van der Waals surface area contributed by atoms with Gasteiger partial charge in [-0.05, 0) is 29.7 Å². The van der Waals surface area contributed by atoms with Crippen molar-refractivity contribution in [2.45, 2.75) is 31.3 Å². The van der Waals surface area contributed by atoms with Gasteiger partial charge in [0.2, 0.25) is 10.0 Å². The van der Waals surface area contributed by atoms with Gasteiger partial charge in [0.25, 0.3) is 5.69 Å². The molecule has 1 N–H and O–H groups in total. The number of benzene rings is 1. The Morgan fingerprint density at radius 2 is 1.89 bits per heavy atom. The Labute approximate surface area is 156 Å². The molecule has 0 aliphatic rings. The molecule has 0 saturated heterocycles. The molecular formula is C17H19N3O6S. The van der Waals surface area contributed by atoms with Crippen molar-refractivity contribution in [3.05, 3.63) is 64.5 Å². The van der Waals surface area contributed by atoms with Crippen molar-refractivity contribution in [1.29, 1.82) is 0 Å². The van der Waals surface area contributed by atoms with Crippen LogP contribution < -0.4 is 0 Å². The topological polar surface area (TPSA) is 131 Å². The third-order valence-corrected chi connectivity index (χ3v) is 5.75. The molecule has 0 unspecified atom stereocenters. The first-order valence-electron chi connectivity index (χ1n) is 8.02. The lowest BCUT2D eigenvalue weighted by atomic mass is 10.0. The monoisotopic (exact) mass is 393 g/mol. The summed E-state index contributed by atoms with van der Waals surface area (Å²) in [6.45, 7) is 3.03. The number of carboxylic acid groups (broad SMARTS) is 1. The summed E-state index contributed by atoms with van der Waals surface area (Å²) in [5.74, 6) is -1.79. The lowest BCUT2D eigenvalue weighted by Crippen LogP contribution is -2.47. The second-order valence-electron chi connectivity index (χ2n) is 6.19. The fourth-order valence-corrected chi connectivity index (χ4v) is 4.32. The minimum absolute atomic E-state index is 0.192. The van der Waals surface area contributed by atoms with Gasteiger partial charge in [0.05, 0.1) is 9.82 Å². The number of hydrogen-bond donors (Lipinski definition) is 1. The number of hydrogen-bond acceptors (Lipinski definition) is 6. The third-order valence-electron chi connectivity index (χ3n) is 3.91. The van der Waals surface area contributed by atoms with E-state index in [1.807, 2.05) is 0 Å². The van der Waals surface area contributed by atoms with Gasteiger partial charge in [-0.3, -0.25) is 19.9 Å². The van der Waals surface area contributed by atoms with Crippen molar-refractivity contribution in [2.24, 2.45) is 5.92 Å². The summed E-state index contributed by atoms with van der Waals surface area (Å²) in [5, 5.41) is 20.4. The van der Waals surface area contributed by atoms with Gasteiger partial charge < -0.3 is 5.11 Å². The van der Waals surface area contributed by atoms with Crippen molar-refractivity contribution in [1.82, 2.24) is 9.29 Å². The van der Waals surface area contributed by atoms with Gasteiger partial charge in [0, 0.05) is 31.1 Å². The van der Waals surface area contributed by atoms with Crippen LogP contribution >= 0.6 is 0 Å². The van der Waals surface area contributed by atoms with Crippen LogP contribution in [0.1, 0.15) is 19.4 Å². The summed E-state index contributed by atoms with van der Waals surface area (Å²) in [5.41, 5.74) is 0.265. The lowest BCUT2D eigenvalue weighted by Gasteiger charge is -2.30. The molecule has 0 bridgehead atoms. The molecule has 27 heavy (non-hydrogen) atoms. The van der Waals surface area contributed by atoms with E-state index >= 15 is 0 Å².